The van der Waals surface area contributed by atoms with E-state index in [1.54, 1.807) is 7.11 Å². The normalized spacial score (nSPS) is 16.7. The van der Waals surface area contributed by atoms with Crippen molar-refractivity contribution in [1.29, 1.82) is 0 Å². The Morgan fingerprint density at radius 1 is 1.16 bits per heavy atom. The zero-order valence-corrected chi connectivity index (χ0v) is 12.3. The minimum Gasteiger partial charge on any atom is -0.495 e. The molecule has 2 rings (SSSR count). The summed E-state index contributed by atoms with van der Waals surface area (Å²) in [6, 6.07) is 4.35. The Bertz CT molecular complexity index is 426. The van der Waals surface area contributed by atoms with Crippen LogP contribution < -0.4 is 15.4 Å². The van der Waals surface area contributed by atoms with Crippen molar-refractivity contribution in [3.8, 4) is 5.75 Å². The fraction of sp³-hybridized carbons (Fsp3) is 0.600. The van der Waals surface area contributed by atoms with E-state index in [4.69, 9.17) is 10.5 Å². The fourth-order valence-electron chi connectivity index (χ4n) is 2.86. The molecule has 1 heterocycles. The van der Waals surface area contributed by atoms with Crippen molar-refractivity contribution in [3.63, 3.8) is 0 Å². The summed E-state index contributed by atoms with van der Waals surface area (Å²) < 4.78 is 5.56. The number of aryl methyl sites for hydroxylation is 2. The molecule has 19 heavy (non-hydrogen) atoms. The van der Waals surface area contributed by atoms with Crippen molar-refractivity contribution in [3.05, 3.63) is 23.3 Å². The van der Waals surface area contributed by atoms with Gasteiger partial charge in [0, 0.05) is 39.3 Å². The molecule has 4 heteroatoms. The highest BCUT2D eigenvalue weighted by Crippen LogP contribution is 2.33. The van der Waals surface area contributed by atoms with Crippen LogP contribution >= 0.6 is 0 Å². The zero-order valence-electron chi connectivity index (χ0n) is 12.3. The van der Waals surface area contributed by atoms with Gasteiger partial charge in [0.05, 0.1) is 12.8 Å². The minimum atomic E-state index is 0.743. The Labute approximate surface area is 116 Å². The Morgan fingerprint density at radius 2 is 1.84 bits per heavy atom. The van der Waals surface area contributed by atoms with E-state index in [0.717, 1.165) is 45.0 Å². The SMILES string of the molecule is COc1cc(C)cc(C)c1N1CCN(CCN)CC1. The molecule has 0 spiro atoms. The van der Waals surface area contributed by atoms with E-state index in [0.29, 0.717) is 0 Å². The van der Waals surface area contributed by atoms with Crippen LogP contribution in [0.25, 0.3) is 0 Å². The predicted molar refractivity (Wildman–Crippen MR) is 80.2 cm³/mol. The van der Waals surface area contributed by atoms with Crippen LogP contribution in [0, 0.1) is 13.8 Å². The van der Waals surface area contributed by atoms with Crippen LogP contribution in [0.3, 0.4) is 0 Å². The third-order valence-electron chi connectivity index (χ3n) is 3.76. The maximum absolute atomic E-state index is 5.62. The van der Waals surface area contributed by atoms with E-state index in [1.165, 1.54) is 16.8 Å². The molecule has 0 radical (unpaired) electrons. The number of nitrogens with zero attached hydrogens (tertiary/aromatic N) is 2. The van der Waals surface area contributed by atoms with Crippen LogP contribution in [0.2, 0.25) is 0 Å². The summed E-state index contributed by atoms with van der Waals surface area (Å²) >= 11 is 0. The molecular formula is C15H25N3O. The van der Waals surface area contributed by atoms with Gasteiger partial charge in [0.15, 0.2) is 0 Å². The first kappa shape index (κ1) is 14.2. The van der Waals surface area contributed by atoms with Gasteiger partial charge < -0.3 is 15.4 Å². The molecule has 0 unspecified atom stereocenters. The summed E-state index contributed by atoms with van der Waals surface area (Å²) in [7, 11) is 1.75. The monoisotopic (exact) mass is 263 g/mol. The van der Waals surface area contributed by atoms with Crippen LogP contribution in [-0.2, 0) is 0 Å². The fourth-order valence-corrected chi connectivity index (χ4v) is 2.86. The molecule has 0 aliphatic carbocycles. The van der Waals surface area contributed by atoms with Gasteiger partial charge in [-0.25, -0.2) is 0 Å². The summed E-state index contributed by atoms with van der Waals surface area (Å²) in [5, 5.41) is 0. The smallest absolute Gasteiger partial charge is 0.142 e. The van der Waals surface area contributed by atoms with Gasteiger partial charge in [-0.3, -0.25) is 4.90 Å². The molecule has 1 saturated heterocycles. The molecule has 0 amide bonds. The Hall–Kier alpha value is -1.26. The van der Waals surface area contributed by atoms with E-state index in [2.05, 4.69) is 35.8 Å². The molecule has 1 fully saturated rings. The lowest BCUT2D eigenvalue weighted by Crippen LogP contribution is -2.48. The highest BCUT2D eigenvalue weighted by molar-refractivity contribution is 5.65. The van der Waals surface area contributed by atoms with E-state index in [1.807, 2.05) is 0 Å². The molecular weight excluding hydrogens is 238 g/mol. The van der Waals surface area contributed by atoms with Crippen LogP contribution in [0.4, 0.5) is 5.69 Å². The van der Waals surface area contributed by atoms with Crippen LogP contribution in [-0.4, -0.2) is 51.3 Å². The summed E-state index contributed by atoms with van der Waals surface area (Å²) in [5.74, 6) is 0.991. The van der Waals surface area contributed by atoms with Gasteiger partial charge in [-0.2, -0.15) is 0 Å². The van der Waals surface area contributed by atoms with Gasteiger partial charge >= 0.3 is 0 Å². The molecule has 106 valence electrons. The van der Waals surface area contributed by atoms with Crippen LogP contribution in [0.5, 0.6) is 5.75 Å². The van der Waals surface area contributed by atoms with Gasteiger partial charge in [0.25, 0.3) is 0 Å². The van der Waals surface area contributed by atoms with Gasteiger partial charge in [-0.15, -0.1) is 0 Å². The molecule has 1 aromatic rings. The van der Waals surface area contributed by atoms with E-state index in [-0.39, 0.29) is 0 Å². The number of hydrogen-bond acceptors (Lipinski definition) is 4. The quantitative estimate of drug-likeness (QED) is 0.891. The maximum Gasteiger partial charge on any atom is 0.142 e. The summed E-state index contributed by atoms with van der Waals surface area (Å²) in [6.07, 6.45) is 0. The number of nitrogens with two attached hydrogens (primary N) is 1. The van der Waals surface area contributed by atoms with Crippen molar-refractivity contribution >= 4 is 5.69 Å². The molecule has 0 aromatic heterocycles. The highest BCUT2D eigenvalue weighted by Gasteiger charge is 2.20. The number of rotatable bonds is 4. The molecule has 0 bridgehead atoms. The van der Waals surface area contributed by atoms with Crippen molar-refractivity contribution < 1.29 is 4.74 Å². The van der Waals surface area contributed by atoms with E-state index >= 15 is 0 Å². The molecule has 4 nitrogen and oxygen atoms in total. The largest absolute Gasteiger partial charge is 0.495 e. The van der Waals surface area contributed by atoms with Crippen molar-refractivity contribution in [2.45, 2.75) is 13.8 Å². The second-order valence-electron chi connectivity index (χ2n) is 5.25. The topological polar surface area (TPSA) is 41.7 Å². The van der Waals surface area contributed by atoms with Gasteiger partial charge in [0.1, 0.15) is 5.75 Å². The second-order valence-corrected chi connectivity index (χ2v) is 5.25. The van der Waals surface area contributed by atoms with Gasteiger partial charge in [-0.1, -0.05) is 6.07 Å². The van der Waals surface area contributed by atoms with E-state index < -0.39 is 0 Å². The van der Waals surface area contributed by atoms with Crippen LogP contribution in [0.1, 0.15) is 11.1 Å². The van der Waals surface area contributed by atoms with Crippen molar-refractivity contribution in [2.75, 3.05) is 51.3 Å². The number of piperazine rings is 1. The predicted octanol–water partition coefficient (Wildman–Crippen LogP) is 1.39. The molecule has 1 aliphatic rings. The number of benzene rings is 1. The zero-order chi connectivity index (χ0) is 13.8. The number of anilines is 1. The van der Waals surface area contributed by atoms with Crippen LogP contribution in [0.15, 0.2) is 12.1 Å². The molecule has 1 aromatic carbocycles. The lowest BCUT2D eigenvalue weighted by atomic mass is 10.1. The Morgan fingerprint density at radius 3 is 2.42 bits per heavy atom. The summed E-state index contributed by atoms with van der Waals surface area (Å²) in [4.78, 5) is 4.85. The highest BCUT2D eigenvalue weighted by atomic mass is 16.5. The first-order chi connectivity index (χ1) is 9.15. The third-order valence-corrected chi connectivity index (χ3v) is 3.76. The Kier molecular flexibility index (Phi) is 4.66. The number of methoxy groups -OCH3 is 1. The van der Waals surface area contributed by atoms with Gasteiger partial charge in [0.2, 0.25) is 0 Å². The first-order valence-corrected chi connectivity index (χ1v) is 6.98. The summed E-state index contributed by atoms with van der Waals surface area (Å²) in [5.41, 5.74) is 9.41. The minimum absolute atomic E-state index is 0.743. The molecule has 0 saturated carbocycles. The lowest BCUT2D eigenvalue weighted by Gasteiger charge is -2.37. The number of ether oxygens (including phenoxy) is 1. The standard InChI is InChI=1S/C15H25N3O/c1-12-10-13(2)15(14(11-12)19-3)18-8-6-17(5-4-16)7-9-18/h10-11H,4-9,16H2,1-3H3. The van der Waals surface area contributed by atoms with E-state index in [9.17, 15) is 0 Å². The molecule has 2 N–H and O–H groups in total. The first-order valence-electron chi connectivity index (χ1n) is 6.98. The summed E-state index contributed by atoms with van der Waals surface area (Å²) in [6.45, 7) is 10.3. The van der Waals surface area contributed by atoms with Gasteiger partial charge in [-0.05, 0) is 31.0 Å². The molecule has 1 aliphatic heterocycles. The second kappa shape index (κ2) is 6.26. The van der Waals surface area contributed by atoms with Crippen molar-refractivity contribution in [2.24, 2.45) is 5.73 Å². The average molecular weight is 263 g/mol. The lowest BCUT2D eigenvalue weighted by molar-refractivity contribution is 0.264. The third kappa shape index (κ3) is 3.19. The number of hydrogen-bond donors (Lipinski definition) is 1. The maximum atomic E-state index is 5.62. The molecule has 0 atom stereocenters. The average Bonchev–Trinajstić information content (AvgIpc) is 2.39. The Balaban J connectivity index is 2.15. The van der Waals surface area contributed by atoms with Crippen molar-refractivity contribution in [1.82, 2.24) is 4.90 Å².